The monoisotopic (exact) mass is 526 g/mol. The van der Waals surface area contributed by atoms with Crippen LogP contribution in [0.4, 0.5) is 8.78 Å². The summed E-state index contributed by atoms with van der Waals surface area (Å²) in [4.78, 5) is 26.4. The number of hydrogen-bond donors (Lipinski definition) is 2. The van der Waals surface area contributed by atoms with Gasteiger partial charge in [-0.15, -0.1) is 28.3 Å². The number of benzene rings is 1. The number of carboxylic acids is 1. The number of aromatic nitrogens is 1. The fourth-order valence-electron chi connectivity index (χ4n) is 4.17. The van der Waals surface area contributed by atoms with E-state index in [4.69, 9.17) is 4.74 Å². The highest BCUT2D eigenvalue weighted by atomic mass is 79.9. The van der Waals surface area contributed by atoms with Crippen LogP contribution in [-0.2, 0) is 13.0 Å². The lowest BCUT2D eigenvalue weighted by Gasteiger charge is -2.19. The molecule has 1 aliphatic heterocycles. The highest BCUT2D eigenvalue weighted by Crippen LogP contribution is 2.45. The van der Waals surface area contributed by atoms with Crippen molar-refractivity contribution >= 4 is 45.2 Å². The van der Waals surface area contributed by atoms with Crippen molar-refractivity contribution in [2.24, 2.45) is 0 Å². The Hall–Kier alpha value is -2.30. The zero-order valence-electron chi connectivity index (χ0n) is 17.1. The molecule has 3 heterocycles. The van der Waals surface area contributed by atoms with Gasteiger partial charge in [-0.3, -0.25) is 4.79 Å². The number of carbonyl (C=O) groups is 1. The number of hydrogen-bond acceptors (Lipinski definition) is 5. The molecule has 0 spiro atoms. The van der Waals surface area contributed by atoms with Crippen molar-refractivity contribution in [3.05, 3.63) is 50.6 Å². The van der Waals surface area contributed by atoms with E-state index in [2.05, 4.69) is 12.2 Å². The molecule has 1 saturated carbocycles. The van der Waals surface area contributed by atoms with E-state index in [9.17, 15) is 23.5 Å². The largest absolute Gasteiger partial charge is 0.477 e. The van der Waals surface area contributed by atoms with E-state index in [1.807, 2.05) is 6.07 Å². The maximum absolute atomic E-state index is 13.5. The lowest BCUT2D eigenvalue weighted by Crippen LogP contribution is -2.31. The summed E-state index contributed by atoms with van der Waals surface area (Å²) in [5, 5.41) is 12.9. The van der Waals surface area contributed by atoms with Gasteiger partial charge in [0.1, 0.15) is 5.56 Å². The van der Waals surface area contributed by atoms with Gasteiger partial charge in [0.05, 0.1) is 10.9 Å². The van der Waals surface area contributed by atoms with E-state index < -0.39 is 18.0 Å². The van der Waals surface area contributed by atoms with Crippen molar-refractivity contribution in [3.8, 4) is 16.2 Å². The molecular formula is C22H21BrF2N2O4S. The van der Waals surface area contributed by atoms with Crippen LogP contribution in [0.25, 0.3) is 21.3 Å². The third kappa shape index (κ3) is 3.95. The van der Waals surface area contributed by atoms with E-state index in [1.54, 1.807) is 10.6 Å². The van der Waals surface area contributed by atoms with Gasteiger partial charge in [-0.05, 0) is 49.9 Å². The van der Waals surface area contributed by atoms with Crippen molar-refractivity contribution < 1.29 is 23.4 Å². The Kier molecular flexibility index (Phi) is 6.12. The lowest BCUT2D eigenvalue weighted by atomic mass is 10.0. The molecule has 5 rings (SSSR count). The van der Waals surface area contributed by atoms with E-state index in [0.29, 0.717) is 18.2 Å². The highest BCUT2D eigenvalue weighted by molar-refractivity contribution is 8.93. The van der Waals surface area contributed by atoms with E-state index >= 15 is 0 Å². The normalized spacial score (nSPS) is 17.8. The average molecular weight is 527 g/mol. The average Bonchev–Trinajstić information content (AvgIpc) is 3.47. The van der Waals surface area contributed by atoms with Gasteiger partial charge in [-0.1, -0.05) is 0 Å². The van der Waals surface area contributed by atoms with E-state index in [0.717, 1.165) is 29.7 Å². The SMILES string of the molecule is Br.CC1Cc2sc(-c3ccc4c(=O)c(C(=O)O)cn(C5CC5)c4c3OC(F)F)cc2CN1. The molecule has 0 saturated heterocycles. The third-order valence-corrected chi connectivity index (χ3v) is 7.05. The molecule has 2 aliphatic rings. The summed E-state index contributed by atoms with van der Waals surface area (Å²) < 4.78 is 33.6. The van der Waals surface area contributed by atoms with Crippen molar-refractivity contribution in [2.45, 2.75) is 51.4 Å². The molecule has 1 aliphatic carbocycles. The number of rotatable bonds is 5. The van der Waals surface area contributed by atoms with Gasteiger partial charge in [0, 0.05) is 40.1 Å². The molecule has 10 heteroatoms. The molecule has 1 atom stereocenters. The Morgan fingerprint density at radius 2 is 2.09 bits per heavy atom. The van der Waals surface area contributed by atoms with Crippen LogP contribution in [0.1, 0.15) is 46.6 Å². The second-order valence-electron chi connectivity index (χ2n) is 8.08. The first-order valence-corrected chi connectivity index (χ1v) is 10.9. The zero-order chi connectivity index (χ0) is 21.9. The van der Waals surface area contributed by atoms with Gasteiger partial charge in [0.25, 0.3) is 0 Å². The van der Waals surface area contributed by atoms with Crippen LogP contribution in [0.5, 0.6) is 5.75 Å². The summed E-state index contributed by atoms with van der Waals surface area (Å²) in [5.74, 6) is -1.41. The molecule has 170 valence electrons. The van der Waals surface area contributed by atoms with Gasteiger partial charge in [0.2, 0.25) is 5.43 Å². The van der Waals surface area contributed by atoms with E-state index in [-0.39, 0.29) is 45.2 Å². The van der Waals surface area contributed by atoms with Crippen LogP contribution < -0.4 is 15.5 Å². The van der Waals surface area contributed by atoms with Crippen LogP contribution in [0.2, 0.25) is 0 Å². The van der Waals surface area contributed by atoms with Crippen LogP contribution >= 0.6 is 28.3 Å². The summed E-state index contributed by atoms with van der Waals surface area (Å²) in [7, 11) is 0. The molecule has 3 aromatic rings. The van der Waals surface area contributed by atoms with Crippen molar-refractivity contribution in [3.63, 3.8) is 0 Å². The van der Waals surface area contributed by atoms with Crippen LogP contribution in [0, 0.1) is 0 Å². The summed E-state index contributed by atoms with van der Waals surface area (Å²) in [6.07, 6.45) is 3.68. The molecule has 6 nitrogen and oxygen atoms in total. The summed E-state index contributed by atoms with van der Waals surface area (Å²) >= 11 is 1.54. The van der Waals surface area contributed by atoms with E-state index in [1.165, 1.54) is 28.5 Å². The third-order valence-electron chi connectivity index (χ3n) is 5.82. The minimum Gasteiger partial charge on any atom is -0.477 e. The molecule has 0 amide bonds. The molecule has 2 N–H and O–H groups in total. The maximum atomic E-state index is 13.5. The zero-order valence-corrected chi connectivity index (χ0v) is 19.6. The number of nitrogens with one attached hydrogen (secondary N) is 1. The van der Waals surface area contributed by atoms with Crippen LogP contribution in [0.3, 0.4) is 0 Å². The molecule has 0 radical (unpaired) electrons. The Morgan fingerprint density at radius 3 is 2.75 bits per heavy atom. The molecule has 2 aromatic heterocycles. The van der Waals surface area contributed by atoms with Crippen LogP contribution in [0.15, 0.2) is 29.2 Å². The van der Waals surface area contributed by atoms with Crippen molar-refractivity contribution in [1.29, 1.82) is 0 Å². The van der Waals surface area contributed by atoms with Gasteiger partial charge < -0.3 is 19.7 Å². The topological polar surface area (TPSA) is 80.6 Å². The number of alkyl halides is 2. The van der Waals surface area contributed by atoms with Gasteiger partial charge in [-0.25, -0.2) is 4.79 Å². The fraction of sp³-hybridized carbons (Fsp3) is 0.364. The fourth-order valence-corrected chi connectivity index (χ4v) is 5.50. The Bertz CT molecular complexity index is 1270. The maximum Gasteiger partial charge on any atom is 0.387 e. The number of thiophene rings is 1. The number of carboxylic acid groups (broad SMARTS) is 1. The second kappa shape index (κ2) is 8.57. The molecule has 1 aromatic carbocycles. The summed E-state index contributed by atoms with van der Waals surface area (Å²) in [6, 6.07) is 5.37. The first-order valence-electron chi connectivity index (χ1n) is 10.1. The molecular weight excluding hydrogens is 506 g/mol. The Labute approximate surface area is 196 Å². The predicted octanol–water partition coefficient (Wildman–Crippen LogP) is 4.98. The minimum absolute atomic E-state index is 0. The first-order chi connectivity index (χ1) is 14.8. The number of aromatic carboxylic acids is 1. The Balaban J connectivity index is 0.00000245. The highest BCUT2D eigenvalue weighted by Gasteiger charge is 2.30. The number of fused-ring (bicyclic) bond motifs is 2. The standard InChI is InChI=1S/C22H20F2N2O4S.BrH/c1-10-6-16-11(8-25-10)7-17(31-16)13-4-5-14-18(20(13)30-22(23)24)26(12-2-3-12)9-15(19(14)27)21(28)29;/h4-5,7,9-10,12,22,25H,2-3,6,8H2,1H3,(H,28,29);1H. The smallest absolute Gasteiger partial charge is 0.387 e. The molecule has 32 heavy (non-hydrogen) atoms. The molecule has 1 fully saturated rings. The quantitative estimate of drug-likeness (QED) is 0.490. The number of pyridine rings is 1. The van der Waals surface area contributed by atoms with Gasteiger partial charge >= 0.3 is 12.6 Å². The molecule has 1 unspecified atom stereocenters. The molecule has 0 bridgehead atoms. The number of ether oxygens (including phenoxy) is 1. The summed E-state index contributed by atoms with van der Waals surface area (Å²) in [6.45, 7) is -0.277. The van der Waals surface area contributed by atoms with Gasteiger partial charge in [-0.2, -0.15) is 8.78 Å². The lowest BCUT2D eigenvalue weighted by molar-refractivity contribution is -0.0486. The summed E-state index contributed by atoms with van der Waals surface area (Å²) in [5.41, 5.74) is 0.766. The second-order valence-corrected chi connectivity index (χ2v) is 9.21. The number of halogens is 3. The Morgan fingerprint density at radius 1 is 1.34 bits per heavy atom. The van der Waals surface area contributed by atoms with Crippen molar-refractivity contribution in [1.82, 2.24) is 9.88 Å². The first kappa shape index (κ1) is 22.9. The van der Waals surface area contributed by atoms with Crippen molar-refractivity contribution in [2.75, 3.05) is 0 Å². The minimum atomic E-state index is -3.08. The number of nitrogens with zero attached hydrogens (tertiary/aromatic N) is 1. The van der Waals surface area contributed by atoms with Gasteiger partial charge in [0.15, 0.2) is 5.75 Å². The predicted molar refractivity (Wildman–Crippen MR) is 124 cm³/mol. The van der Waals surface area contributed by atoms with Crippen LogP contribution in [-0.4, -0.2) is 28.3 Å².